The van der Waals surface area contributed by atoms with Crippen molar-refractivity contribution in [1.82, 2.24) is 9.97 Å². The predicted octanol–water partition coefficient (Wildman–Crippen LogP) is 1.63. The Morgan fingerprint density at radius 1 is 1.24 bits per heavy atom. The molecule has 0 fully saturated rings. The van der Waals surface area contributed by atoms with Gasteiger partial charge in [0.1, 0.15) is 11.4 Å². The molecule has 108 valence electrons. The van der Waals surface area contributed by atoms with E-state index in [9.17, 15) is 13.2 Å². The van der Waals surface area contributed by atoms with E-state index in [-0.39, 0.29) is 5.03 Å². The number of H-pyrrole nitrogens is 1. The summed E-state index contributed by atoms with van der Waals surface area (Å²) in [5.41, 5.74) is 0.301. The van der Waals surface area contributed by atoms with Gasteiger partial charge in [-0.25, -0.2) is 9.78 Å². The standard InChI is InChI=1S/C13H11N3O4S/c1-8-14-7-12(15-8)21(18,19)16-10-3-4-11-9(6-10)2-5-13(17)20-11/h2-7,16H,1H3,(H,14,15). The van der Waals surface area contributed by atoms with Gasteiger partial charge in [-0.3, -0.25) is 4.72 Å². The van der Waals surface area contributed by atoms with Gasteiger partial charge in [0.15, 0.2) is 5.03 Å². The molecule has 0 aliphatic carbocycles. The summed E-state index contributed by atoms with van der Waals surface area (Å²) < 4.78 is 31.7. The summed E-state index contributed by atoms with van der Waals surface area (Å²) in [6.45, 7) is 1.66. The molecule has 0 saturated carbocycles. The van der Waals surface area contributed by atoms with Crippen LogP contribution in [0, 0.1) is 6.92 Å². The van der Waals surface area contributed by atoms with Gasteiger partial charge < -0.3 is 9.40 Å². The number of nitrogens with one attached hydrogen (secondary N) is 2. The maximum Gasteiger partial charge on any atom is 0.336 e. The van der Waals surface area contributed by atoms with Crippen LogP contribution in [0.5, 0.6) is 0 Å². The maximum absolute atomic E-state index is 12.1. The maximum atomic E-state index is 12.1. The molecule has 21 heavy (non-hydrogen) atoms. The number of nitrogens with zero attached hydrogens (tertiary/aromatic N) is 1. The van der Waals surface area contributed by atoms with E-state index in [4.69, 9.17) is 4.42 Å². The van der Waals surface area contributed by atoms with Crippen LogP contribution in [0.15, 0.2) is 50.8 Å². The molecule has 8 heteroatoms. The van der Waals surface area contributed by atoms with Gasteiger partial charge in [0.05, 0.1) is 6.20 Å². The number of imidazole rings is 1. The lowest BCUT2D eigenvalue weighted by molar-refractivity contribution is 0.561. The Morgan fingerprint density at radius 2 is 2.05 bits per heavy atom. The van der Waals surface area contributed by atoms with Crippen LogP contribution in [-0.4, -0.2) is 18.4 Å². The van der Waals surface area contributed by atoms with E-state index in [1.807, 2.05) is 0 Å². The molecule has 2 aromatic heterocycles. The fraction of sp³-hybridized carbons (Fsp3) is 0.0769. The van der Waals surface area contributed by atoms with Crippen LogP contribution in [0.1, 0.15) is 5.82 Å². The second-order valence-corrected chi connectivity index (χ2v) is 6.10. The van der Waals surface area contributed by atoms with Crippen molar-refractivity contribution in [2.45, 2.75) is 11.9 Å². The molecule has 0 atom stereocenters. The van der Waals surface area contributed by atoms with Crippen molar-refractivity contribution in [3.05, 3.63) is 52.8 Å². The summed E-state index contributed by atoms with van der Waals surface area (Å²) >= 11 is 0. The lowest BCUT2D eigenvalue weighted by Gasteiger charge is -2.06. The molecule has 0 aliphatic rings. The quantitative estimate of drug-likeness (QED) is 0.715. The van der Waals surface area contributed by atoms with E-state index in [0.717, 1.165) is 0 Å². The Kier molecular flexibility index (Phi) is 3.02. The highest BCUT2D eigenvalue weighted by Gasteiger charge is 2.16. The second kappa shape index (κ2) is 4.74. The highest BCUT2D eigenvalue weighted by Crippen LogP contribution is 2.20. The fourth-order valence-electron chi connectivity index (χ4n) is 1.88. The number of rotatable bonds is 3. The Bertz CT molecular complexity index is 972. The molecular formula is C13H11N3O4S. The van der Waals surface area contributed by atoms with Gasteiger partial charge in [-0.2, -0.15) is 8.42 Å². The number of sulfonamides is 1. The molecule has 0 unspecified atom stereocenters. The van der Waals surface area contributed by atoms with Crippen molar-refractivity contribution in [3.63, 3.8) is 0 Å². The molecule has 0 aliphatic heterocycles. The number of hydrogen-bond donors (Lipinski definition) is 2. The van der Waals surface area contributed by atoms with Gasteiger partial charge >= 0.3 is 5.63 Å². The largest absolute Gasteiger partial charge is 0.423 e. The molecule has 0 radical (unpaired) electrons. The molecule has 0 bridgehead atoms. The van der Waals surface area contributed by atoms with Crippen molar-refractivity contribution < 1.29 is 12.8 Å². The number of anilines is 1. The normalized spacial score (nSPS) is 11.7. The zero-order valence-electron chi connectivity index (χ0n) is 11.0. The number of fused-ring (bicyclic) bond motifs is 1. The van der Waals surface area contributed by atoms with Crippen LogP contribution in [0.4, 0.5) is 5.69 Å². The van der Waals surface area contributed by atoms with Gasteiger partial charge in [0.25, 0.3) is 10.0 Å². The van der Waals surface area contributed by atoms with Gasteiger partial charge in [-0.15, -0.1) is 0 Å². The first-order chi connectivity index (χ1) is 9.94. The average molecular weight is 305 g/mol. The minimum atomic E-state index is -3.73. The van der Waals surface area contributed by atoms with Crippen LogP contribution in [0.25, 0.3) is 11.0 Å². The summed E-state index contributed by atoms with van der Waals surface area (Å²) in [5, 5.41) is 0.607. The summed E-state index contributed by atoms with van der Waals surface area (Å²) in [6.07, 6.45) is 1.25. The number of benzene rings is 1. The van der Waals surface area contributed by atoms with Crippen molar-refractivity contribution in [2.75, 3.05) is 4.72 Å². The first kappa shape index (κ1) is 13.4. The highest BCUT2D eigenvalue weighted by atomic mass is 32.2. The summed E-state index contributed by atoms with van der Waals surface area (Å²) in [4.78, 5) is 17.6. The zero-order chi connectivity index (χ0) is 15.0. The van der Waals surface area contributed by atoms with Crippen LogP contribution in [0.3, 0.4) is 0 Å². The van der Waals surface area contributed by atoms with Gasteiger partial charge in [0, 0.05) is 17.1 Å². The molecule has 3 rings (SSSR count). The third-order valence-corrected chi connectivity index (χ3v) is 4.13. The minimum absolute atomic E-state index is 0.0142. The van der Waals surface area contributed by atoms with Gasteiger partial charge in [-0.1, -0.05) is 0 Å². The summed E-state index contributed by atoms with van der Waals surface area (Å²) in [7, 11) is -3.73. The lowest BCUT2D eigenvalue weighted by Crippen LogP contribution is -2.13. The van der Waals surface area contributed by atoms with E-state index < -0.39 is 15.6 Å². The monoisotopic (exact) mass is 305 g/mol. The van der Waals surface area contributed by atoms with Crippen molar-refractivity contribution in [2.24, 2.45) is 0 Å². The zero-order valence-corrected chi connectivity index (χ0v) is 11.8. The Balaban J connectivity index is 1.98. The molecule has 0 spiro atoms. The number of aryl methyl sites for hydroxylation is 1. The minimum Gasteiger partial charge on any atom is -0.423 e. The molecule has 2 heterocycles. The van der Waals surface area contributed by atoms with E-state index in [0.29, 0.717) is 22.5 Å². The Morgan fingerprint density at radius 3 is 2.76 bits per heavy atom. The van der Waals surface area contributed by atoms with Crippen molar-refractivity contribution >= 4 is 26.7 Å². The van der Waals surface area contributed by atoms with Crippen LogP contribution in [0.2, 0.25) is 0 Å². The topological polar surface area (TPSA) is 105 Å². The smallest absolute Gasteiger partial charge is 0.336 e. The third-order valence-electron chi connectivity index (χ3n) is 2.84. The predicted molar refractivity (Wildman–Crippen MR) is 76.6 cm³/mol. The SMILES string of the molecule is Cc1ncc(S(=O)(=O)Nc2ccc3oc(=O)ccc3c2)[nH]1. The Hall–Kier alpha value is -2.61. The van der Waals surface area contributed by atoms with Crippen LogP contribution < -0.4 is 10.3 Å². The lowest BCUT2D eigenvalue weighted by atomic mass is 10.2. The van der Waals surface area contributed by atoms with Crippen LogP contribution in [-0.2, 0) is 10.0 Å². The first-order valence-corrected chi connectivity index (χ1v) is 7.51. The van der Waals surface area contributed by atoms with Crippen molar-refractivity contribution in [3.8, 4) is 0 Å². The molecule has 7 nitrogen and oxygen atoms in total. The molecule has 0 saturated heterocycles. The van der Waals surface area contributed by atoms with E-state index >= 15 is 0 Å². The van der Waals surface area contributed by atoms with Crippen LogP contribution >= 0.6 is 0 Å². The first-order valence-electron chi connectivity index (χ1n) is 6.02. The van der Waals surface area contributed by atoms with Crippen molar-refractivity contribution in [1.29, 1.82) is 0 Å². The molecule has 3 aromatic rings. The van der Waals surface area contributed by atoms with E-state index in [1.54, 1.807) is 19.1 Å². The second-order valence-electron chi connectivity index (χ2n) is 4.45. The van der Waals surface area contributed by atoms with E-state index in [2.05, 4.69) is 14.7 Å². The average Bonchev–Trinajstić information content (AvgIpc) is 2.86. The number of hydrogen-bond acceptors (Lipinski definition) is 5. The number of aromatic nitrogens is 2. The number of aromatic amines is 1. The van der Waals surface area contributed by atoms with Gasteiger partial charge in [-0.05, 0) is 31.2 Å². The molecular weight excluding hydrogens is 294 g/mol. The molecule has 2 N–H and O–H groups in total. The molecule has 0 amide bonds. The molecule has 1 aromatic carbocycles. The van der Waals surface area contributed by atoms with Gasteiger partial charge in [0.2, 0.25) is 0 Å². The summed E-state index contributed by atoms with van der Waals surface area (Å²) in [5.74, 6) is 0.510. The summed E-state index contributed by atoms with van der Waals surface area (Å²) in [6, 6.07) is 7.48. The third kappa shape index (κ3) is 2.65. The van der Waals surface area contributed by atoms with E-state index in [1.165, 1.54) is 24.4 Å². The highest BCUT2D eigenvalue weighted by molar-refractivity contribution is 7.92. The fourth-order valence-corrected chi connectivity index (χ4v) is 2.90. The Labute approximate surface area is 119 Å².